The number of hydrogen-bond donors (Lipinski definition) is 0. The lowest BCUT2D eigenvalue weighted by atomic mass is 9.93. The van der Waals surface area contributed by atoms with Crippen LogP contribution in [0.2, 0.25) is 0 Å². The van der Waals surface area contributed by atoms with Crippen LogP contribution in [0, 0.1) is 0 Å². The number of fused-ring (bicyclic) bond motifs is 2. The number of aryl methyl sites for hydroxylation is 1. The van der Waals surface area contributed by atoms with E-state index in [1.807, 2.05) is 55.9 Å². The van der Waals surface area contributed by atoms with E-state index in [-0.39, 0.29) is 12.1 Å². The van der Waals surface area contributed by atoms with Crippen molar-refractivity contribution in [1.29, 1.82) is 0 Å². The van der Waals surface area contributed by atoms with Crippen LogP contribution in [0.1, 0.15) is 80.3 Å². The van der Waals surface area contributed by atoms with Gasteiger partial charge in [-0.15, -0.1) is 0 Å². The molecule has 5 heterocycles. The van der Waals surface area contributed by atoms with Crippen LogP contribution in [0.5, 0.6) is 5.88 Å². The molecule has 47 heavy (non-hydrogen) atoms. The highest BCUT2D eigenvalue weighted by Gasteiger charge is 2.27. The first kappa shape index (κ1) is 31.3. The fraction of sp³-hybridized carbons (Fsp3) is 0.459. The van der Waals surface area contributed by atoms with Crippen LogP contribution in [-0.4, -0.2) is 66.6 Å². The van der Waals surface area contributed by atoms with Gasteiger partial charge >= 0.3 is 5.97 Å². The molecule has 2 aliphatic rings. The molecule has 2 aliphatic heterocycles. The number of ether oxygens (including phenoxy) is 3. The Balaban J connectivity index is 0.998. The van der Waals surface area contributed by atoms with Crippen molar-refractivity contribution in [2.24, 2.45) is 0 Å². The zero-order valence-corrected chi connectivity index (χ0v) is 27.8. The predicted octanol–water partition coefficient (Wildman–Crippen LogP) is 6.50. The maximum Gasteiger partial charge on any atom is 0.338 e. The third-order valence-corrected chi connectivity index (χ3v) is 9.15. The molecule has 10 nitrogen and oxygen atoms in total. The monoisotopic (exact) mass is 636 g/mol. The second-order valence-corrected chi connectivity index (χ2v) is 13.7. The molecule has 0 radical (unpaired) electrons. The second kappa shape index (κ2) is 13.1. The minimum atomic E-state index is -0.553. The third kappa shape index (κ3) is 7.04. The Kier molecular flexibility index (Phi) is 8.72. The van der Waals surface area contributed by atoms with E-state index in [9.17, 15) is 4.79 Å². The number of esters is 1. The Hall–Kier alpha value is -4.28. The Morgan fingerprint density at radius 2 is 1.83 bits per heavy atom. The Bertz CT molecular complexity index is 1880. The smallest absolute Gasteiger partial charge is 0.338 e. The molecule has 0 saturated carbocycles. The fourth-order valence-corrected chi connectivity index (χ4v) is 6.55. The molecule has 7 rings (SSSR count). The van der Waals surface area contributed by atoms with Gasteiger partial charge in [-0.25, -0.2) is 14.8 Å². The van der Waals surface area contributed by atoms with Crippen molar-refractivity contribution >= 4 is 27.9 Å². The largest absolute Gasteiger partial charge is 0.473 e. The summed E-state index contributed by atoms with van der Waals surface area (Å²) in [4.78, 5) is 25.3. The van der Waals surface area contributed by atoms with Crippen LogP contribution in [0.3, 0.4) is 0 Å². The molecule has 5 aromatic rings. The maximum absolute atomic E-state index is 12.9. The first-order chi connectivity index (χ1) is 22.7. The summed E-state index contributed by atoms with van der Waals surface area (Å²) >= 11 is 0. The van der Waals surface area contributed by atoms with Crippen molar-refractivity contribution in [1.82, 2.24) is 29.2 Å². The van der Waals surface area contributed by atoms with Gasteiger partial charge in [-0.05, 0) is 102 Å². The molecular formula is C37H44N6O4. The van der Waals surface area contributed by atoms with Crippen LogP contribution in [0.4, 0.5) is 0 Å². The van der Waals surface area contributed by atoms with Crippen molar-refractivity contribution in [2.75, 3.05) is 19.7 Å². The Labute approximate surface area is 275 Å². The molecule has 1 atom stereocenters. The first-order valence-electron chi connectivity index (χ1n) is 16.8. The highest BCUT2D eigenvalue weighted by atomic mass is 16.6. The topological polar surface area (TPSA) is 96.5 Å². The molecule has 0 spiro atoms. The highest BCUT2D eigenvalue weighted by molar-refractivity contribution is 5.94. The van der Waals surface area contributed by atoms with E-state index >= 15 is 0 Å². The maximum atomic E-state index is 12.9. The van der Waals surface area contributed by atoms with Crippen LogP contribution in [-0.2, 0) is 35.7 Å². The van der Waals surface area contributed by atoms with Gasteiger partial charge in [0.15, 0.2) is 0 Å². The van der Waals surface area contributed by atoms with E-state index in [4.69, 9.17) is 24.2 Å². The molecule has 0 N–H and O–H groups in total. The number of rotatable bonds is 10. The zero-order chi connectivity index (χ0) is 32.5. The number of carbonyl (C=O) groups excluding carboxylic acids is 1. The van der Waals surface area contributed by atoms with Crippen LogP contribution < -0.4 is 4.74 Å². The average Bonchev–Trinajstić information content (AvgIpc) is 3.61. The molecule has 0 bridgehead atoms. The summed E-state index contributed by atoms with van der Waals surface area (Å²) in [7, 11) is 0. The lowest BCUT2D eigenvalue weighted by Gasteiger charge is -2.32. The number of hydrogen-bond acceptors (Lipinski definition) is 8. The Morgan fingerprint density at radius 1 is 1.00 bits per heavy atom. The molecule has 0 amide bonds. The molecule has 0 unspecified atom stereocenters. The van der Waals surface area contributed by atoms with Gasteiger partial charge in [0.25, 0.3) is 0 Å². The van der Waals surface area contributed by atoms with Gasteiger partial charge in [0.1, 0.15) is 18.0 Å². The van der Waals surface area contributed by atoms with Gasteiger partial charge in [0.2, 0.25) is 5.88 Å². The highest BCUT2D eigenvalue weighted by Crippen LogP contribution is 2.30. The van der Waals surface area contributed by atoms with Crippen LogP contribution >= 0.6 is 0 Å². The number of likely N-dealkylation sites (tertiary alicyclic amines) is 1. The molecule has 2 aromatic carbocycles. The second-order valence-electron chi connectivity index (χ2n) is 13.7. The van der Waals surface area contributed by atoms with Gasteiger partial charge in [0, 0.05) is 36.2 Å². The Morgan fingerprint density at radius 3 is 2.57 bits per heavy atom. The van der Waals surface area contributed by atoms with Crippen LogP contribution in [0.25, 0.3) is 21.9 Å². The molecule has 10 heteroatoms. The van der Waals surface area contributed by atoms with Crippen molar-refractivity contribution in [3.8, 4) is 5.88 Å². The van der Waals surface area contributed by atoms with E-state index in [2.05, 4.69) is 51.8 Å². The van der Waals surface area contributed by atoms with E-state index < -0.39 is 5.60 Å². The molecule has 0 aliphatic carbocycles. The predicted molar refractivity (Wildman–Crippen MR) is 180 cm³/mol. The molecule has 2 fully saturated rings. The van der Waals surface area contributed by atoms with E-state index in [0.717, 1.165) is 97.6 Å². The van der Waals surface area contributed by atoms with Gasteiger partial charge in [-0.3, -0.25) is 9.58 Å². The summed E-state index contributed by atoms with van der Waals surface area (Å²) in [5, 5.41) is 5.57. The van der Waals surface area contributed by atoms with E-state index in [1.165, 1.54) is 0 Å². The number of piperidine rings is 1. The standard InChI is InChI=1S/C37H44N6O4/c1-5-43-32-12-9-25(19-28(32)21-38-43)24-46-35-8-6-7-30(40-35)26-13-16-41(17-14-26)23-34-39-31-11-10-27(36(44)47-37(2,3)4)20-33(31)42(34)22-29-15-18-45-29/h6-12,19-21,26,29H,5,13-18,22-24H2,1-4H3/t29-/m0/s1. The lowest BCUT2D eigenvalue weighted by Crippen LogP contribution is -2.35. The van der Waals surface area contributed by atoms with E-state index in [1.54, 1.807) is 0 Å². The van der Waals surface area contributed by atoms with Gasteiger partial charge in [0.05, 0.1) is 47.5 Å². The minimum Gasteiger partial charge on any atom is -0.473 e. The third-order valence-electron chi connectivity index (χ3n) is 9.15. The fourth-order valence-electron chi connectivity index (χ4n) is 6.55. The summed E-state index contributed by atoms with van der Waals surface area (Å²) in [6, 6.07) is 18.1. The summed E-state index contributed by atoms with van der Waals surface area (Å²) in [5.74, 6) is 1.72. The number of nitrogens with zero attached hydrogens (tertiary/aromatic N) is 6. The van der Waals surface area contributed by atoms with Gasteiger partial charge in [-0.2, -0.15) is 5.10 Å². The molecule has 246 valence electrons. The van der Waals surface area contributed by atoms with Crippen molar-refractivity contribution in [3.63, 3.8) is 0 Å². The number of aromatic nitrogens is 5. The summed E-state index contributed by atoms with van der Waals surface area (Å²) < 4.78 is 21.8. The normalized spacial score (nSPS) is 17.7. The number of pyridine rings is 1. The molecule has 3 aromatic heterocycles. The number of imidazole rings is 1. The summed E-state index contributed by atoms with van der Waals surface area (Å²) in [6.45, 7) is 13.2. The quantitative estimate of drug-likeness (QED) is 0.160. The van der Waals surface area contributed by atoms with E-state index in [0.29, 0.717) is 24.0 Å². The van der Waals surface area contributed by atoms with Crippen molar-refractivity contribution in [3.05, 3.63) is 83.4 Å². The zero-order valence-electron chi connectivity index (χ0n) is 27.8. The lowest BCUT2D eigenvalue weighted by molar-refractivity contribution is -0.0592. The van der Waals surface area contributed by atoms with Crippen molar-refractivity contribution < 1.29 is 19.0 Å². The summed E-state index contributed by atoms with van der Waals surface area (Å²) in [6.07, 6.45) is 5.15. The van der Waals surface area contributed by atoms with Gasteiger partial charge < -0.3 is 18.8 Å². The number of benzene rings is 2. The molecular weight excluding hydrogens is 592 g/mol. The number of carbonyl (C=O) groups is 1. The minimum absolute atomic E-state index is 0.172. The van der Waals surface area contributed by atoms with Crippen molar-refractivity contribution in [2.45, 2.75) is 90.8 Å². The summed E-state index contributed by atoms with van der Waals surface area (Å²) in [5.41, 5.74) is 5.15. The van der Waals surface area contributed by atoms with Gasteiger partial charge in [-0.1, -0.05) is 12.1 Å². The molecule has 2 saturated heterocycles. The first-order valence-corrected chi connectivity index (χ1v) is 16.8. The van der Waals surface area contributed by atoms with Crippen LogP contribution in [0.15, 0.2) is 60.8 Å². The SMILES string of the molecule is CCn1ncc2cc(COc3cccc(C4CCN(Cc5nc6ccc(C(=O)OC(C)(C)C)cc6n5C[C@@H]5CCO5)CC4)n3)ccc21. The average molecular weight is 637 g/mol.